The predicted molar refractivity (Wildman–Crippen MR) is 109 cm³/mol. The van der Waals surface area contributed by atoms with E-state index >= 15 is 0 Å². The van der Waals surface area contributed by atoms with Gasteiger partial charge in [-0.2, -0.15) is 0 Å². The maximum Gasteiger partial charge on any atom is 0.355 e. The molecule has 1 aromatic heterocycles. The fourth-order valence-corrected chi connectivity index (χ4v) is 4.40. The van der Waals surface area contributed by atoms with Crippen LogP contribution in [0.2, 0.25) is 0 Å². The normalized spacial score (nSPS) is 14.8. The van der Waals surface area contributed by atoms with Crippen LogP contribution in [0, 0.1) is 19.8 Å². The highest BCUT2D eigenvalue weighted by atomic mass is 16.5. The molecule has 0 N–H and O–H groups in total. The van der Waals surface area contributed by atoms with Crippen LogP contribution in [0.3, 0.4) is 0 Å². The van der Waals surface area contributed by atoms with Gasteiger partial charge in [-0.25, -0.2) is 4.79 Å². The number of hydrogen-bond donors (Lipinski definition) is 0. The van der Waals surface area contributed by atoms with Gasteiger partial charge < -0.3 is 14.2 Å². The van der Waals surface area contributed by atoms with E-state index in [1.165, 1.54) is 26.2 Å². The highest BCUT2D eigenvalue weighted by molar-refractivity contribution is 6.04. The Bertz CT molecular complexity index is 729. The minimum Gasteiger partial charge on any atom is -0.461 e. The highest BCUT2D eigenvalue weighted by Gasteiger charge is 2.28. The van der Waals surface area contributed by atoms with Crippen LogP contribution < -0.4 is 0 Å². The van der Waals surface area contributed by atoms with Gasteiger partial charge in [0.2, 0.25) is 5.91 Å². The number of nitrogens with zero attached hydrogens (tertiary/aromatic N) is 2. The molecule has 1 saturated carbocycles. The Morgan fingerprint density at radius 1 is 1.11 bits per heavy atom. The lowest BCUT2D eigenvalue weighted by atomic mass is 9.89. The molecule has 1 aliphatic rings. The second-order valence-electron chi connectivity index (χ2n) is 7.73. The van der Waals surface area contributed by atoms with Crippen molar-refractivity contribution in [2.75, 3.05) is 19.7 Å². The van der Waals surface area contributed by atoms with Gasteiger partial charge in [0.25, 0.3) is 0 Å². The van der Waals surface area contributed by atoms with E-state index in [-0.39, 0.29) is 24.8 Å². The quantitative estimate of drug-likeness (QED) is 0.498. The van der Waals surface area contributed by atoms with Crippen LogP contribution in [0.15, 0.2) is 0 Å². The van der Waals surface area contributed by atoms with E-state index in [2.05, 4.69) is 0 Å². The standard InChI is InChI=1S/C22H34N2O4/c1-6-24-16(4)20(15(3)21(24)22(27)28-7-2)19(26)14-23(17(5)25)13-18-11-9-8-10-12-18/h18H,6-14H2,1-5H3. The van der Waals surface area contributed by atoms with Gasteiger partial charge in [0.05, 0.1) is 13.2 Å². The summed E-state index contributed by atoms with van der Waals surface area (Å²) >= 11 is 0. The monoisotopic (exact) mass is 390 g/mol. The fraction of sp³-hybridized carbons (Fsp3) is 0.682. The van der Waals surface area contributed by atoms with Gasteiger partial charge in [-0.1, -0.05) is 19.3 Å². The molecule has 6 nitrogen and oxygen atoms in total. The van der Waals surface area contributed by atoms with Crippen LogP contribution in [-0.2, 0) is 16.1 Å². The van der Waals surface area contributed by atoms with Crippen molar-refractivity contribution < 1.29 is 19.1 Å². The number of carbonyl (C=O) groups is 3. The number of esters is 1. The summed E-state index contributed by atoms with van der Waals surface area (Å²) in [7, 11) is 0. The van der Waals surface area contributed by atoms with Crippen molar-refractivity contribution in [2.45, 2.75) is 73.3 Å². The van der Waals surface area contributed by atoms with Crippen LogP contribution >= 0.6 is 0 Å². The van der Waals surface area contributed by atoms with Gasteiger partial charge in [-0.15, -0.1) is 0 Å². The minimum absolute atomic E-state index is 0.0590. The summed E-state index contributed by atoms with van der Waals surface area (Å²) in [6, 6.07) is 0. The summed E-state index contributed by atoms with van der Waals surface area (Å²) in [4.78, 5) is 39.4. The van der Waals surface area contributed by atoms with E-state index < -0.39 is 5.97 Å². The third kappa shape index (κ3) is 4.83. The third-order valence-corrected chi connectivity index (χ3v) is 5.81. The zero-order valence-corrected chi connectivity index (χ0v) is 18.0. The van der Waals surface area contributed by atoms with Crippen molar-refractivity contribution >= 4 is 17.7 Å². The Balaban J connectivity index is 2.26. The molecule has 1 aromatic rings. The van der Waals surface area contributed by atoms with Crippen LogP contribution in [0.4, 0.5) is 0 Å². The summed E-state index contributed by atoms with van der Waals surface area (Å²) in [5.74, 6) is -0.119. The maximum absolute atomic E-state index is 13.1. The molecule has 1 heterocycles. The average Bonchev–Trinajstić information content (AvgIpc) is 2.91. The Hall–Kier alpha value is -2.11. The zero-order valence-electron chi connectivity index (χ0n) is 18.0. The lowest BCUT2D eigenvalue weighted by molar-refractivity contribution is -0.129. The van der Waals surface area contributed by atoms with E-state index in [9.17, 15) is 14.4 Å². The van der Waals surface area contributed by atoms with Crippen molar-refractivity contribution in [1.29, 1.82) is 0 Å². The first-order valence-electron chi connectivity index (χ1n) is 10.5. The van der Waals surface area contributed by atoms with Crippen molar-refractivity contribution in [3.63, 3.8) is 0 Å². The molecular formula is C22H34N2O4. The molecule has 28 heavy (non-hydrogen) atoms. The summed E-state index contributed by atoms with van der Waals surface area (Å²) in [6.07, 6.45) is 5.90. The largest absolute Gasteiger partial charge is 0.461 e. The molecule has 1 aliphatic carbocycles. The van der Waals surface area contributed by atoms with Gasteiger partial charge in [0.15, 0.2) is 5.78 Å². The average molecular weight is 391 g/mol. The Kier molecular flexibility index (Phi) is 7.84. The molecule has 0 spiro atoms. The Morgan fingerprint density at radius 2 is 1.75 bits per heavy atom. The van der Waals surface area contributed by atoms with Crippen molar-refractivity contribution in [3.05, 3.63) is 22.5 Å². The van der Waals surface area contributed by atoms with Crippen molar-refractivity contribution in [3.8, 4) is 0 Å². The number of ether oxygens (including phenoxy) is 1. The molecule has 1 amide bonds. The number of carbonyl (C=O) groups excluding carboxylic acids is 3. The number of amides is 1. The molecule has 6 heteroatoms. The van der Waals surface area contributed by atoms with Crippen molar-refractivity contribution in [1.82, 2.24) is 9.47 Å². The van der Waals surface area contributed by atoms with Crippen LogP contribution in [-0.4, -0.2) is 46.8 Å². The summed E-state index contributed by atoms with van der Waals surface area (Å²) in [6.45, 7) is 10.4. The van der Waals surface area contributed by atoms with Gasteiger partial charge in [-0.3, -0.25) is 9.59 Å². The fourth-order valence-electron chi connectivity index (χ4n) is 4.40. The van der Waals surface area contributed by atoms with Gasteiger partial charge in [0, 0.05) is 31.3 Å². The van der Waals surface area contributed by atoms with Crippen LogP contribution in [0.1, 0.15) is 85.0 Å². The minimum atomic E-state index is -0.408. The van der Waals surface area contributed by atoms with Gasteiger partial charge in [0.1, 0.15) is 5.69 Å². The van der Waals surface area contributed by atoms with Crippen LogP contribution in [0.25, 0.3) is 0 Å². The SMILES string of the molecule is CCOC(=O)c1c(C)c(C(=O)CN(CC2CCCCC2)C(C)=O)c(C)n1CC. The zero-order chi connectivity index (χ0) is 20.8. The Labute approximate surface area is 168 Å². The topological polar surface area (TPSA) is 68.6 Å². The first-order valence-corrected chi connectivity index (χ1v) is 10.5. The first-order chi connectivity index (χ1) is 13.3. The lowest BCUT2D eigenvalue weighted by Gasteiger charge is -2.28. The highest BCUT2D eigenvalue weighted by Crippen LogP contribution is 2.26. The summed E-state index contributed by atoms with van der Waals surface area (Å²) < 4.78 is 7.02. The smallest absolute Gasteiger partial charge is 0.355 e. The van der Waals surface area contributed by atoms with E-state index in [0.29, 0.717) is 35.8 Å². The molecule has 0 saturated heterocycles. The molecule has 0 bridgehead atoms. The molecule has 0 atom stereocenters. The predicted octanol–water partition coefficient (Wildman–Crippen LogP) is 3.91. The molecule has 0 unspecified atom stereocenters. The molecule has 156 valence electrons. The second-order valence-corrected chi connectivity index (χ2v) is 7.73. The lowest BCUT2D eigenvalue weighted by Crippen LogP contribution is -2.38. The van der Waals surface area contributed by atoms with E-state index in [0.717, 1.165) is 18.5 Å². The van der Waals surface area contributed by atoms with E-state index in [1.54, 1.807) is 18.7 Å². The molecule has 1 fully saturated rings. The molecule has 0 radical (unpaired) electrons. The molecular weight excluding hydrogens is 356 g/mol. The molecule has 0 aromatic carbocycles. The maximum atomic E-state index is 13.1. The first kappa shape index (κ1) is 22.2. The van der Waals surface area contributed by atoms with Crippen LogP contribution in [0.5, 0.6) is 0 Å². The second kappa shape index (κ2) is 9.89. The number of Topliss-reactive ketones (excluding diaryl/α,β-unsaturated/α-hetero) is 1. The summed E-state index contributed by atoms with van der Waals surface area (Å²) in [5.41, 5.74) is 2.38. The number of rotatable bonds is 8. The molecule has 2 rings (SSSR count). The summed E-state index contributed by atoms with van der Waals surface area (Å²) in [5, 5.41) is 0. The number of aromatic nitrogens is 1. The van der Waals surface area contributed by atoms with E-state index in [1.807, 2.05) is 18.4 Å². The third-order valence-electron chi connectivity index (χ3n) is 5.81. The van der Waals surface area contributed by atoms with Crippen molar-refractivity contribution in [2.24, 2.45) is 5.92 Å². The van der Waals surface area contributed by atoms with Gasteiger partial charge in [-0.05, 0) is 52.0 Å². The van der Waals surface area contributed by atoms with Gasteiger partial charge >= 0.3 is 5.97 Å². The molecule has 0 aliphatic heterocycles. The number of ketones is 1. The Morgan fingerprint density at radius 3 is 2.29 bits per heavy atom. The van der Waals surface area contributed by atoms with E-state index in [4.69, 9.17) is 4.74 Å². The number of hydrogen-bond acceptors (Lipinski definition) is 4.